The summed E-state index contributed by atoms with van der Waals surface area (Å²) in [4.78, 5) is 52.1. The second kappa shape index (κ2) is 15.2. The number of phenols is 1. The molecule has 2 aliphatic rings. The highest BCUT2D eigenvalue weighted by atomic mass is 35.5. The van der Waals surface area contributed by atoms with Crippen LogP contribution in [0.15, 0.2) is 60.7 Å². The number of epoxide rings is 1. The molecule has 2 heterocycles. The first-order valence-corrected chi connectivity index (χ1v) is 15.2. The van der Waals surface area contributed by atoms with Gasteiger partial charge >= 0.3 is 11.9 Å². The molecule has 2 aromatic carbocycles. The van der Waals surface area contributed by atoms with Gasteiger partial charge in [-0.25, -0.2) is 4.79 Å². The van der Waals surface area contributed by atoms with Crippen LogP contribution >= 0.6 is 11.6 Å². The normalized spacial score (nSPS) is 25.9. The van der Waals surface area contributed by atoms with E-state index in [9.17, 15) is 24.3 Å². The van der Waals surface area contributed by atoms with Crippen molar-refractivity contribution in [3.05, 3.63) is 76.8 Å². The minimum atomic E-state index is -1.12. The Labute approximate surface area is 262 Å². The van der Waals surface area contributed by atoms with Crippen molar-refractivity contribution in [3.63, 3.8) is 0 Å². The molecule has 0 radical (unpaired) electrons. The van der Waals surface area contributed by atoms with Crippen LogP contribution in [0.2, 0.25) is 5.02 Å². The molecule has 236 valence electrons. The second-order valence-electron chi connectivity index (χ2n) is 11.6. The first-order valence-electron chi connectivity index (χ1n) is 14.8. The summed E-state index contributed by atoms with van der Waals surface area (Å²) in [6.07, 6.45) is 1.10. The first-order chi connectivity index (χ1) is 21.0. The molecule has 0 bridgehead atoms. The number of hydrogen-bond donors (Lipinski definition) is 3. The number of amides is 2. The van der Waals surface area contributed by atoms with Gasteiger partial charge in [-0.15, -0.1) is 0 Å². The average molecular weight is 627 g/mol. The van der Waals surface area contributed by atoms with Gasteiger partial charge in [0.1, 0.15) is 24.0 Å². The first kappa shape index (κ1) is 33.0. The molecule has 10 nitrogen and oxygen atoms in total. The van der Waals surface area contributed by atoms with Gasteiger partial charge in [0.05, 0.1) is 17.5 Å². The molecule has 44 heavy (non-hydrogen) atoms. The fourth-order valence-corrected chi connectivity index (χ4v) is 5.34. The zero-order valence-electron chi connectivity index (χ0n) is 25.0. The predicted molar refractivity (Wildman–Crippen MR) is 163 cm³/mol. The maximum Gasteiger partial charge on any atom is 0.347 e. The lowest BCUT2D eigenvalue weighted by atomic mass is 9.93. The maximum atomic E-state index is 13.3. The number of phenolic OH excluding ortho intramolecular Hbond substituents is 1. The molecule has 3 N–H and O–H groups in total. The van der Waals surface area contributed by atoms with Gasteiger partial charge in [0.2, 0.25) is 11.8 Å². The van der Waals surface area contributed by atoms with Crippen molar-refractivity contribution in [2.45, 2.75) is 76.9 Å². The molecule has 4 rings (SSSR count). The number of nitrogens with one attached hydrogen (secondary N) is 2. The third kappa shape index (κ3) is 9.30. The Morgan fingerprint density at radius 1 is 1.02 bits per heavy atom. The molecule has 2 aromatic rings. The van der Waals surface area contributed by atoms with Crippen molar-refractivity contribution in [2.75, 3.05) is 6.54 Å². The zero-order valence-corrected chi connectivity index (χ0v) is 25.8. The van der Waals surface area contributed by atoms with E-state index < -0.39 is 42.0 Å². The standard InChI is InChI=1S/C33H39ClN2O8/c1-19(2)16-27-33(41)43-26(20(3)30-31(44-30)22-8-5-4-6-9-22)10-7-11-28(38)36-24(32(40)35-15-14-29(39)42-27)18-21-12-13-25(37)23(34)17-21/h4-9,11-13,17,19-20,24,26-27,30-31,37H,10,14-16,18H2,1-3H3,(H,35,40)(H,36,38)/t20-,24+,26-,27-,30+,31+/m0/s1. The lowest BCUT2D eigenvalue weighted by Crippen LogP contribution is -2.48. The molecule has 6 atom stereocenters. The highest BCUT2D eigenvalue weighted by Crippen LogP contribution is 2.45. The van der Waals surface area contributed by atoms with E-state index in [0.29, 0.717) is 5.56 Å². The SMILES string of the molecule is CC(C)C[C@@H]1OC(=O)CCNC(=O)[C@@H](Cc2ccc(O)c(Cl)c2)NC(=O)C=CC[C@@H]([C@H](C)[C@H]2O[C@@H]2c2ccccc2)OC1=O. The average Bonchev–Trinajstić information content (AvgIpc) is 3.78. The molecule has 0 aliphatic carbocycles. The van der Waals surface area contributed by atoms with Crippen LogP contribution in [-0.2, 0) is 39.8 Å². The molecular weight excluding hydrogens is 588 g/mol. The Kier molecular flexibility index (Phi) is 11.4. The van der Waals surface area contributed by atoms with Crippen LogP contribution in [-0.4, -0.2) is 59.8 Å². The lowest BCUT2D eigenvalue weighted by Gasteiger charge is -2.26. The molecule has 0 saturated carbocycles. The summed E-state index contributed by atoms with van der Waals surface area (Å²) in [6, 6.07) is 13.3. The zero-order chi connectivity index (χ0) is 31.8. The number of esters is 2. The number of ether oxygens (including phenoxy) is 3. The van der Waals surface area contributed by atoms with E-state index in [1.54, 1.807) is 12.1 Å². The molecule has 1 saturated heterocycles. The van der Waals surface area contributed by atoms with E-state index >= 15 is 0 Å². The Balaban J connectivity index is 1.55. The third-order valence-electron chi connectivity index (χ3n) is 7.60. The Morgan fingerprint density at radius 2 is 1.77 bits per heavy atom. The van der Waals surface area contributed by atoms with E-state index in [1.165, 1.54) is 18.2 Å². The Hall–Kier alpha value is -3.89. The van der Waals surface area contributed by atoms with Crippen LogP contribution < -0.4 is 10.6 Å². The fraction of sp³-hybridized carbons (Fsp3) is 0.455. The van der Waals surface area contributed by atoms with Crippen LogP contribution in [0.5, 0.6) is 5.75 Å². The van der Waals surface area contributed by atoms with Gasteiger partial charge in [-0.3, -0.25) is 14.4 Å². The molecule has 0 aromatic heterocycles. The number of halogens is 1. The monoisotopic (exact) mass is 626 g/mol. The Morgan fingerprint density at radius 3 is 2.48 bits per heavy atom. The van der Waals surface area contributed by atoms with Crippen LogP contribution in [0.25, 0.3) is 0 Å². The minimum absolute atomic E-state index is 0.0356. The molecule has 11 heteroatoms. The van der Waals surface area contributed by atoms with E-state index in [0.717, 1.165) is 5.56 Å². The number of carbonyl (C=O) groups excluding carboxylic acids is 4. The molecule has 2 amide bonds. The second-order valence-corrected chi connectivity index (χ2v) is 12.0. The van der Waals surface area contributed by atoms with E-state index in [2.05, 4.69) is 10.6 Å². The summed E-state index contributed by atoms with van der Waals surface area (Å²) in [6.45, 7) is 5.67. The highest BCUT2D eigenvalue weighted by molar-refractivity contribution is 6.32. The van der Waals surface area contributed by atoms with Crippen molar-refractivity contribution in [3.8, 4) is 5.75 Å². The molecule has 0 unspecified atom stereocenters. The largest absolute Gasteiger partial charge is 0.506 e. The Bertz CT molecular complexity index is 1360. The highest BCUT2D eigenvalue weighted by Gasteiger charge is 2.47. The minimum Gasteiger partial charge on any atom is -0.506 e. The summed E-state index contributed by atoms with van der Waals surface area (Å²) in [5, 5.41) is 15.2. The number of rotatable bonds is 7. The number of benzene rings is 2. The van der Waals surface area contributed by atoms with E-state index in [1.807, 2.05) is 51.1 Å². The number of cyclic esters (lactones) is 2. The van der Waals surface area contributed by atoms with Gasteiger partial charge in [-0.2, -0.15) is 0 Å². The molecule has 2 aliphatic heterocycles. The van der Waals surface area contributed by atoms with Crippen LogP contribution in [0.4, 0.5) is 0 Å². The maximum absolute atomic E-state index is 13.3. The topological polar surface area (TPSA) is 144 Å². The molecule has 0 spiro atoms. The molecule has 1 fully saturated rings. The van der Waals surface area contributed by atoms with E-state index in [-0.39, 0.29) is 67.0 Å². The van der Waals surface area contributed by atoms with Crippen molar-refractivity contribution < 1.29 is 38.5 Å². The van der Waals surface area contributed by atoms with Crippen molar-refractivity contribution in [1.29, 1.82) is 0 Å². The van der Waals surface area contributed by atoms with Crippen molar-refractivity contribution in [1.82, 2.24) is 10.6 Å². The van der Waals surface area contributed by atoms with Gasteiger partial charge in [0.15, 0.2) is 6.10 Å². The van der Waals surface area contributed by atoms with Gasteiger partial charge in [-0.05, 0) is 41.7 Å². The number of hydrogen-bond acceptors (Lipinski definition) is 8. The van der Waals surface area contributed by atoms with Gasteiger partial charge in [0.25, 0.3) is 0 Å². The third-order valence-corrected chi connectivity index (χ3v) is 7.90. The summed E-state index contributed by atoms with van der Waals surface area (Å²) < 4.78 is 17.5. The quantitative estimate of drug-likeness (QED) is 0.307. The van der Waals surface area contributed by atoms with Gasteiger partial charge in [0, 0.05) is 25.3 Å². The molecular formula is C33H39ClN2O8. The van der Waals surface area contributed by atoms with Crippen LogP contribution in [0.1, 0.15) is 57.3 Å². The summed E-state index contributed by atoms with van der Waals surface area (Å²) in [5.74, 6) is -2.68. The van der Waals surface area contributed by atoms with Gasteiger partial charge in [-0.1, -0.05) is 74.8 Å². The number of carbonyl (C=O) groups is 4. The van der Waals surface area contributed by atoms with Gasteiger partial charge < -0.3 is 30.0 Å². The predicted octanol–water partition coefficient (Wildman–Crippen LogP) is 4.19. The fourth-order valence-electron chi connectivity index (χ4n) is 5.14. The van der Waals surface area contributed by atoms with Crippen molar-refractivity contribution in [2.24, 2.45) is 11.8 Å². The van der Waals surface area contributed by atoms with Crippen LogP contribution in [0.3, 0.4) is 0 Å². The van der Waals surface area contributed by atoms with Crippen LogP contribution in [0, 0.1) is 11.8 Å². The van der Waals surface area contributed by atoms with Crippen molar-refractivity contribution >= 4 is 35.4 Å². The lowest BCUT2D eigenvalue weighted by molar-refractivity contribution is -0.174. The summed E-state index contributed by atoms with van der Waals surface area (Å²) >= 11 is 6.04. The van der Waals surface area contributed by atoms with E-state index in [4.69, 9.17) is 25.8 Å². The number of aromatic hydroxyl groups is 1. The summed E-state index contributed by atoms with van der Waals surface area (Å²) in [5.41, 5.74) is 1.63. The smallest absolute Gasteiger partial charge is 0.347 e. The summed E-state index contributed by atoms with van der Waals surface area (Å²) in [7, 11) is 0.